The summed E-state index contributed by atoms with van der Waals surface area (Å²) >= 11 is 0. The van der Waals surface area contributed by atoms with Crippen LogP contribution < -0.4 is 5.56 Å². The van der Waals surface area contributed by atoms with E-state index in [2.05, 4.69) is 10.1 Å². The Balaban J connectivity index is 2.05. The Morgan fingerprint density at radius 3 is 2.60 bits per heavy atom. The van der Waals surface area contributed by atoms with Crippen LogP contribution >= 0.6 is 0 Å². The Labute approximate surface area is 141 Å². The second-order valence-corrected chi connectivity index (χ2v) is 5.32. The zero-order valence-electron chi connectivity index (χ0n) is 13.2. The van der Waals surface area contributed by atoms with Gasteiger partial charge in [-0.05, 0) is 31.2 Å². The van der Waals surface area contributed by atoms with Crippen molar-refractivity contribution < 1.29 is 14.3 Å². The summed E-state index contributed by atoms with van der Waals surface area (Å²) in [5.74, 6) is -2.30. The molecule has 0 amide bonds. The van der Waals surface area contributed by atoms with Gasteiger partial charge in [0.2, 0.25) is 0 Å². The van der Waals surface area contributed by atoms with Gasteiger partial charge in [-0.25, -0.2) is 13.9 Å². The number of aromatic nitrogens is 2. The first-order chi connectivity index (χ1) is 12.0. The second kappa shape index (κ2) is 6.56. The summed E-state index contributed by atoms with van der Waals surface area (Å²) < 4.78 is 15.0. The molecule has 2 N–H and O–H groups in total. The molecule has 0 bridgehead atoms. The lowest BCUT2D eigenvalue weighted by atomic mass is 10.1. The predicted molar refractivity (Wildman–Crippen MR) is 91.7 cm³/mol. The first kappa shape index (κ1) is 16.4. The van der Waals surface area contributed by atoms with Crippen LogP contribution in [0.5, 0.6) is 0 Å². The number of rotatable bonds is 4. The van der Waals surface area contributed by atoms with Crippen LogP contribution in [0.4, 0.5) is 10.1 Å². The fourth-order valence-corrected chi connectivity index (χ4v) is 2.44. The first-order valence-corrected chi connectivity index (χ1v) is 7.42. The van der Waals surface area contributed by atoms with E-state index in [4.69, 9.17) is 5.11 Å². The molecule has 0 atom stereocenters. The van der Waals surface area contributed by atoms with Gasteiger partial charge >= 0.3 is 5.97 Å². The van der Waals surface area contributed by atoms with Crippen LogP contribution in [-0.4, -0.2) is 27.1 Å². The molecule has 3 aromatic rings. The molecule has 2 aromatic carbocycles. The van der Waals surface area contributed by atoms with E-state index in [1.807, 2.05) is 6.07 Å². The largest absolute Gasteiger partial charge is 0.478 e. The Hall–Kier alpha value is -3.48. The van der Waals surface area contributed by atoms with Gasteiger partial charge in [0.25, 0.3) is 5.56 Å². The molecule has 0 spiro atoms. The fraction of sp³-hybridized carbons (Fsp3) is 0.0556. The van der Waals surface area contributed by atoms with Crippen LogP contribution in [0, 0.1) is 12.7 Å². The van der Waals surface area contributed by atoms with Gasteiger partial charge in [-0.2, -0.15) is 0 Å². The Morgan fingerprint density at radius 1 is 1.20 bits per heavy atom. The van der Waals surface area contributed by atoms with E-state index < -0.39 is 17.3 Å². The van der Waals surface area contributed by atoms with Crippen LogP contribution in [-0.2, 0) is 0 Å². The third-order valence-electron chi connectivity index (χ3n) is 3.67. The maximum atomic E-state index is 13.7. The van der Waals surface area contributed by atoms with Crippen LogP contribution in [0.25, 0.3) is 5.69 Å². The monoisotopic (exact) mass is 339 g/mol. The van der Waals surface area contributed by atoms with Crippen LogP contribution in [0.2, 0.25) is 0 Å². The zero-order chi connectivity index (χ0) is 18.0. The minimum absolute atomic E-state index is 0.0567. The molecule has 0 aliphatic heterocycles. The minimum Gasteiger partial charge on any atom is -0.478 e. The van der Waals surface area contributed by atoms with Crippen molar-refractivity contribution in [1.82, 2.24) is 9.78 Å². The van der Waals surface area contributed by atoms with Crippen LogP contribution in [0.15, 0.2) is 58.3 Å². The summed E-state index contributed by atoms with van der Waals surface area (Å²) in [6.45, 7) is 1.70. The average molecular weight is 339 g/mol. The number of nitrogens with zero attached hydrogens (tertiary/aromatic N) is 2. The van der Waals surface area contributed by atoms with Crippen LogP contribution in [0.1, 0.15) is 21.6 Å². The number of benzene rings is 2. The van der Waals surface area contributed by atoms with E-state index in [-0.39, 0.29) is 16.8 Å². The number of aryl methyl sites for hydroxylation is 1. The average Bonchev–Trinajstić information content (AvgIpc) is 2.87. The SMILES string of the molecule is Cc1[nH]n(-c2ccccc2)c(=O)c1C=Nc1cccc(F)c1C(=O)O. The van der Waals surface area contributed by atoms with Gasteiger partial charge in [-0.1, -0.05) is 24.3 Å². The number of hydrogen-bond donors (Lipinski definition) is 2. The van der Waals surface area contributed by atoms with Gasteiger partial charge in [-0.3, -0.25) is 14.9 Å². The van der Waals surface area contributed by atoms with Gasteiger partial charge in [-0.15, -0.1) is 0 Å². The first-order valence-electron chi connectivity index (χ1n) is 7.42. The highest BCUT2D eigenvalue weighted by atomic mass is 19.1. The summed E-state index contributed by atoms with van der Waals surface area (Å²) in [6.07, 6.45) is 1.24. The predicted octanol–water partition coefficient (Wildman–Crippen LogP) is 3.06. The van der Waals surface area contributed by atoms with E-state index in [1.165, 1.54) is 23.0 Å². The number of halogens is 1. The van der Waals surface area contributed by atoms with Gasteiger partial charge in [0, 0.05) is 11.9 Å². The number of carbonyl (C=O) groups is 1. The number of H-pyrrole nitrogens is 1. The molecule has 1 heterocycles. The topological polar surface area (TPSA) is 87.5 Å². The number of carboxylic acids is 1. The summed E-state index contributed by atoms with van der Waals surface area (Å²) in [6, 6.07) is 12.8. The molecule has 0 aliphatic carbocycles. The van der Waals surface area contributed by atoms with Crippen molar-refractivity contribution in [3.8, 4) is 5.69 Å². The molecule has 0 saturated carbocycles. The number of aromatic amines is 1. The molecule has 0 aliphatic rings. The van der Waals surface area contributed by atoms with Crippen molar-refractivity contribution in [2.75, 3.05) is 0 Å². The Kier molecular flexibility index (Phi) is 4.30. The van der Waals surface area contributed by atoms with E-state index in [1.54, 1.807) is 31.2 Å². The van der Waals surface area contributed by atoms with E-state index >= 15 is 0 Å². The Morgan fingerprint density at radius 2 is 1.92 bits per heavy atom. The molecule has 0 saturated heterocycles. The summed E-state index contributed by atoms with van der Waals surface area (Å²) in [5, 5.41) is 12.1. The van der Waals surface area contributed by atoms with Gasteiger partial charge in [0.1, 0.15) is 11.4 Å². The molecule has 126 valence electrons. The standard InChI is InChI=1S/C18H14FN3O3/c1-11-13(17(23)22(21-11)12-6-3-2-4-7-12)10-20-15-9-5-8-14(19)16(15)18(24)25/h2-10,21H,1H3,(H,24,25). The van der Waals surface area contributed by atoms with Crippen LogP contribution in [0.3, 0.4) is 0 Å². The number of nitrogens with one attached hydrogen (secondary N) is 1. The van der Waals surface area contributed by atoms with Crippen molar-refractivity contribution in [3.05, 3.63) is 81.5 Å². The highest BCUT2D eigenvalue weighted by Gasteiger charge is 2.16. The van der Waals surface area contributed by atoms with Gasteiger partial charge < -0.3 is 5.11 Å². The maximum absolute atomic E-state index is 13.7. The molecule has 3 rings (SSSR count). The molecular formula is C18H14FN3O3. The second-order valence-electron chi connectivity index (χ2n) is 5.32. The number of aliphatic imine (C=N–C) groups is 1. The quantitative estimate of drug-likeness (QED) is 0.716. The third-order valence-corrected chi connectivity index (χ3v) is 3.67. The molecule has 1 aromatic heterocycles. The van der Waals surface area contributed by atoms with Crippen molar-refractivity contribution in [2.24, 2.45) is 4.99 Å². The Bertz CT molecular complexity index is 1020. The summed E-state index contributed by atoms with van der Waals surface area (Å²) in [4.78, 5) is 27.7. The van der Waals surface area contributed by atoms with Crippen molar-refractivity contribution in [3.63, 3.8) is 0 Å². The van der Waals surface area contributed by atoms with E-state index in [0.717, 1.165) is 6.07 Å². The number of aromatic carboxylic acids is 1. The number of carboxylic acid groups (broad SMARTS) is 1. The maximum Gasteiger partial charge on any atom is 0.340 e. The normalized spacial score (nSPS) is 11.1. The van der Waals surface area contributed by atoms with Crippen molar-refractivity contribution >= 4 is 17.9 Å². The highest BCUT2D eigenvalue weighted by Crippen LogP contribution is 2.22. The van der Waals surface area contributed by atoms with Gasteiger partial charge in [0.05, 0.1) is 16.9 Å². The molecule has 7 heteroatoms. The molecule has 25 heavy (non-hydrogen) atoms. The molecule has 0 unspecified atom stereocenters. The van der Waals surface area contributed by atoms with Crippen molar-refractivity contribution in [1.29, 1.82) is 0 Å². The van der Waals surface area contributed by atoms with E-state index in [9.17, 15) is 14.0 Å². The molecular weight excluding hydrogens is 325 g/mol. The smallest absolute Gasteiger partial charge is 0.340 e. The number of para-hydroxylation sites is 1. The lowest BCUT2D eigenvalue weighted by Crippen LogP contribution is -2.17. The lowest BCUT2D eigenvalue weighted by Gasteiger charge is -2.01. The molecule has 0 radical (unpaired) electrons. The molecule has 0 fully saturated rings. The molecule has 6 nitrogen and oxygen atoms in total. The van der Waals surface area contributed by atoms with Gasteiger partial charge in [0.15, 0.2) is 0 Å². The number of hydrogen-bond acceptors (Lipinski definition) is 3. The summed E-state index contributed by atoms with van der Waals surface area (Å²) in [5.41, 5.74) is 0.567. The van der Waals surface area contributed by atoms with Crippen molar-refractivity contribution in [2.45, 2.75) is 6.92 Å². The highest BCUT2D eigenvalue weighted by molar-refractivity contribution is 5.95. The zero-order valence-corrected chi connectivity index (χ0v) is 13.2. The lowest BCUT2D eigenvalue weighted by molar-refractivity contribution is 0.0693. The third kappa shape index (κ3) is 3.12. The van der Waals surface area contributed by atoms with E-state index in [0.29, 0.717) is 11.4 Å². The minimum atomic E-state index is -1.42. The fourth-order valence-electron chi connectivity index (χ4n) is 2.44. The summed E-state index contributed by atoms with van der Waals surface area (Å²) in [7, 11) is 0.